The van der Waals surface area contributed by atoms with E-state index in [9.17, 15) is 0 Å². The quantitative estimate of drug-likeness (QED) is 0.703. The molecule has 2 aromatic rings. The third-order valence-electron chi connectivity index (χ3n) is 3.26. The molecule has 1 aliphatic carbocycles. The van der Waals surface area contributed by atoms with Crippen LogP contribution in [-0.4, -0.2) is 0 Å². The second-order valence-corrected chi connectivity index (χ2v) is 5.96. The van der Waals surface area contributed by atoms with Crippen molar-refractivity contribution in [3.8, 4) is 0 Å². The van der Waals surface area contributed by atoms with Crippen molar-refractivity contribution in [3.63, 3.8) is 0 Å². The molecule has 0 bridgehead atoms. The summed E-state index contributed by atoms with van der Waals surface area (Å²) in [5.41, 5.74) is 4.19. The molecule has 0 fully saturated rings. The molecule has 2 heteroatoms. The molecule has 0 radical (unpaired) electrons. The van der Waals surface area contributed by atoms with Crippen LogP contribution in [0.5, 0.6) is 0 Å². The van der Waals surface area contributed by atoms with Crippen molar-refractivity contribution >= 4 is 28.9 Å². The molecule has 0 aliphatic heterocycles. The Bertz CT molecular complexity index is 628. The number of hydrogen-bond acceptors (Lipinski definition) is 1. The van der Waals surface area contributed by atoms with Gasteiger partial charge in [0.2, 0.25) is 0 Å². The average molecular weight is 273 g/mol. The smallest absolute Gasteiger partial charge is 0.0545 e. The molecule has 2 aromatic carbocycles. The molecule has 0 atom stereocenters. The lowest BCUT2D eigenvalue weighted by Crippen LogP contribution is -1.81. The highest BCUT2D eigenvalue weighted by atomic mass is 35.5. The zero-order valence-electron chi connectivity index (χ0n) is 10.1. The van der Waals surface area contributed by atoms with Gasteiger partial charge in [0.1, 0.15) is 0 Å². The predicted molar refractivity (Wildman–Crippen MR) is 80.0 cm³/mol. The molecular formula is C16H13ClS. The van der Waals surface area contributed by atoms with E-state index < -0.39 is 0 Å². The lowest BCUT2D eigenvalue weighted by molar-refractivity contribution is 1.29. The van der Waals surface area contributed by atoms with Crippen LogP contribution in [0.3, 0.4) is 0 Å². The van der Waals surface area contributed by atoms with Gasteiger partial charge >= 0.3 is 0 Å². The van der Waals surface area contributed by atoms with Crippen LogP contribution in [-0.2, 0) is 6.42 Å². The third-order valence-corrected chi connectivity index (χ3v) is 4.97. The van der Waals surface area contributed by atoms with Gasteiger partial charge in [0.05, 0.1) is 5.02 Å². The highest BCUT2D eigenvalue weighted by Gasteiger charge is 2.19. The molecule has 3 rings (SSSR count). The van der Waals surface area contributed by atoms with E-state index in [2.05, 4.69) is 37.3 Å². The summed E-state index contributed by atoms with van der Waals surface area (Å²) >= 11 is 8.01. The number of thioether (sulfide) groups is 1. The van der Waals surface area contributed by atoms with E-state index in [4.69, 9.17) is 11.6 Å². The van der Waals surface area contributed by atoms with E-state index in [1.54, 1.807) is 11.8 Å². The standard InChI is InChI=1S/C16H13ClS/c1-11-13-7-3-2-6-12(13)10-16(11)18-15-9-5-4-8-14(15)17/h2-9H,10H2,1H3. The van der Waals surface area contributed by atoms with Crippen molar-refractivity contribution in [2.75, 3.05) is 0 Å². The zero-order valence-corrected chi connectivity index (χ0v) is 11.7. The molecule has 0 nitrogen and oxygen atoms in total. The van der Waals surface area contributed by atoms with E-state index in [0.29, 0.717) is 0 Å². The molecule has 0 unspecified atom stereocenters. The third kappa shape index (κ3) is 2.09. The largest absolute Gasteiger partial charge is 0.0923 e. The molecule has 0 spiro atoms. The fraction of sp³-hybridized carbons (Fsp3) is 0.125. The average Bonchev–Trinajstić information content (AvgIpc) is 2.70. The van der Waals surface area contributed by atoms with E-state index in [1.165, 1.54) is 21.6 Å². The van der Waals surface area contributed by atoms with Crippen LogP contribution in [0.25, 0.3) is 5.57 Å². The van der Waals surface area contributed by atoms with Gasteiger partial charge in [-0.05, 0) is 40.7 Å². The summed E-state index contributed by atoms with van der Waals surface area (Å²) in [5, 5.41) is 0.832. The monoisotopic (exact) mass is 272 g/mol. The number of rotatable bonds is 2. The van der Waals surface area contributed by atoms with E-state index in [0.717, 1.165) is 16.3 Å². The molecule has 1 aliphatic rings. The zero-order chi connectivity index (χ0) is 12.5. The van der Waals surface area contributed by atoms with Crippen molar-refractivity contribution in [3.05, 3.63) is 69.6 Å². The van der Waals surface area contributed by atoms with Gasteiger partial charge in [-0.3, -0.25) is 0 Å². The van der Waals surface area contributed by atoms with Gasteiger partial charge < -0.3 is 0 Å². The van der Waals surface area contributed by atoms with Gasteiger partial charge in [0, 0.05) is 11.3 Å². The van der Waals surface area contributed by atoms with E-state index >= 15 is 0 Å². The van der Waals surface area contributed by atoms with Gasteiger partial charge in [-0.25, -0.2) is 0 Å². The minimum atomic E-state index is 0.832. The Morgan fingerprint density at radius 3 is 2.50 bits per heavy atom. The highest BCUT2D eigenvalue weighted by molar-refractivity contribution is 8.03. The van der Waals surface area contributed by atoms with Crippen LogP contribution < -0.4 is 0 Å². The summed E-state index contributed by atoms with van der Waals surface area (Å²) in [6.07, 6.45) is 1.03. The van der Waals surface area contributed by atoms with Crippen LogP contribution in [0.1, 0.15) is 18.1 Å². The second kappa shape index (κ2) is 4.83. The summed E-state index contributed by atoms with van der Waals surface area (Å²) in [6.45, 7) is 2.20. The molecular weight excluding hydrogens is 260 g/mol. The molecule has 0 heterocycles. The first-order valence-corrected chi connectivity index (χ1v) is 7.15. The topological polar surface area (TPSA) is 0 Å². The molecule has 0 saturated carbocycles. The minimum absolute atomic E-state index is 0.832. The number of benzene rings is 2. The van der Waals surface area contributed by atoms with Gasteiger partial charge in [-0.2, -0.15) is 0 Å². The Kier molecular flexibility index (Phi) is 3.19. The first-order chi connectivity index (χ1) is 8.75. The Morgan fingerprint density at radius 2 is 1.72 bits per heavy atom. The summed E-state index contributed by atoms with van der Waals surface area (Å²) in [7, 11) is 0. The number of allylic oxidation sites excluding steroid dienone is 2. The molecule has 0 N–H and O–H groups in total. The number of halogens is 1. The maximum atomic E-state index is 6.22. The maximum absolute atomic E-state index is 6.22. The Morgan fingerprint density at radius 1 is 1.00 bits per heavy atom. The van der Waals surface area contributed by atoms with E-state index in [1.807, 2.05) is 18.2 Å². The summed E-state index contributed by atoms with van der Waals surface area (Å²) < 4.78 is 0. The van der Waals surface area contributed by atoms with Gasteiger partial charge in [-0.1, -0.05) is 59.8 Å². The lowest BCUT2D eigenvalue weighted by Gasteiger charge is -2.05. The predicted octanol–water partition coefficient (Wildman–Crippen LogP) is 5.42. The molecule has 90 valence electrons. The fourth-order valence-corrected chi connectivity index (χ4v) is 3.59. The van der Waals surface area contributed by atoms with Crippen LogP contribution in [0.4, 0.5) is 0 Å². The number of hydrogen-bond donors (Lipinski definition) is 0. The first-order valence-electron chi connectivity index (χ1n) is 5.96. The van der Waals surface area contributed by atoms with Crippen LogP contribution in [0.2, 0.25) is 5.02 Å². The Labute approximate surface area is 117 Å². The van der Waals surface area contributed by atoms with Crippen molar-refractivity contribution in [2.45, 2.75) is 18.2 Å². The number of fused-ring (bicyclic) bond motifs is 1. The second-order valence-electron chi connectivity index (χ2n) is 4.41. The van der Waals surface area contributed by atoms with E-state index in [-0.39, 0.29) is 0 Å². The fourth-order valence-electron chi connectivity index (χ4n) is 2.27. The molecule has 0 aromatic heterocycles. The summed E-state index contributed by atoms with van der Waals surface area (Å²) in [6, 6.07) is 16.6. The van der Waals surface area contributed by atoms with Gasteiger partial charge in [0.25, 0.3) is 0 Å². The Hall–Kier alpha value is -1.18. The van der Waals surface area contributed by atoms with Crippen molar-refractivity contribution in [2.24, 2.45) is 0 Å². The summed E-state index contributed by atoms with van der Waals surface area (Å²) in [5.74, 6) is 0. The Balaban J connectivity index is 1.93. The van der Waals surface area contributed by atoms with Crippen LogP contribution in [0.15, 0.2) is 58.3 Å². The SMILES string of the molecule is CC1=C(Sc2ccccc2Cl)Cc2ccccc21. The maximum Gasteiger partial charge on any atom is 0.0545 e. The van der Waals surface area contributed by atoms with Crippen molar-refractivity contribution in [1.29, 1.82) is 0 Å². The summed E-state index contributed by atoms with van der Waals surface area (Å²) in [4.78, 5) is 2.55. The normalized spacial score (nSPS) is 13.9. The molecule has 0 amide bonds. The van der Waals surface area contributed by atoms with Gasteiger partial charge in [0.15, 0.2) is 0 Å². The van der Waals surface area contributed by atoms with Crippen molar-refractivity contribution < 1.29 is 0 Å². The van der Waals surface area contributed by atoms with Gasteiger partial charge in [-0.15, -0.1) is 0 Å². The first kappa shape index (κ1) is 11.9. The highest BCUT2D eigenvalue weighted by Crippen LogP contribution is 2.43. The van der Waals surface area contributed by atoms with Crippen molar-refractivity contribution in [1.82, 2.24) is 0 Å². The minimum Gasteiger partial charge on any atom is -0.0923 e. The molecule has 0 saturated heterocycles. The lowest BCUT2D eigenvalue weighted by atomic mass is 10.1. The van der Waals surface area contributed by atoms with Crippen LogP contribution >= 0.6 is 23.4 Å². The molecule has 18 heavy (non-hydrogen) atoms. The van der Waals surface area contributed by atoms with Crippen LogP contribution in [0, 0.1) is 0 Å².